The summed E-state index contributed by atoms with van der Waals surface area (Å²) in [5, 5.41) is 5.54. The lowest BCUT2D eigenvalue weighted by Gasteiger charge is -2.16. The van der Waals surface area contributed by atoms with E-state index >= 15 is 0 Å². The molecule has 0 saturated carbocycles. The van der Waals surface area contributed by atoms with Gasteiger partial charge >= 0.3 is 0 Å². The smallest absolute Gasteiger partial charge is 0.254 e. The number of pyridine rings is 1. The lowest BCUT2D eigenvalue weighted by Crippen LogP contribution is -2.31. The van der Waals surface area contributed by atoms with Crippen LogP contribution in [0.5, 0.6) is 0 Å². The molecule has 0 fully saturated rings. The van der Waals surface area contributed by atoms with Gasteiger partial charge in [-0.3, -0.25) is 4.79 Å². The first-order valence-electron chi connectivity index (χ1n) is 6.63. The van der Waals surface area contributed by atoms with Crippen molar-refractivity contribution in [1.29, 1.82) is 0 Å². The second-order valence-electron chi connectivity index (χ2n) is 4.98. The summed E-state index contributed by atoms with van der Waals surface area (Å²) in [6.07, 6.45) is 1.43. The van der Waals surface area contributed by atoms with E-state index in [4.69, 9.17) is 0 Å². The summed E-state index contributed by atoms with van der Waals surface area (Å²) in [6, 6.07) is 1.39. The van der Waals surface area contributed by atoms with Gasteiger partial charge in [0.1, 0.15) is 0 Å². The van der Waals surface area contributed by atoms with E-state index in [1.165, 1.54) is 12.3 Å². The average Bonchev–Trinajstić information content (AvgIpc) is 2.38. The fourth-order valence-corrected chi connectivity index (χ4v) is 1.49. The first-order valence-corrected chi connectivity index (χ1v) is 6.63. The zero-order chi connectivity index (χ0) is 14.4. The molecule has 4 nitrogen and oxygen atoms in total. The second kappa shape index (κ2) is 7.07. The van der Waals surface area contributed by atoms with Gasteiger partial charge in [-0.05, 0) is 24.8 Å². The molecule has 1 atom stereocenters. The van der Waals surface area contributed by atoms with E-state index in [-0.39, 0.29) is 11.4 Å². The van der Waals surface area contributed by atoms with E-state index in [1.807, 2.05) is 6.92 Å². The largest absolute Gasteiger partial charge is 0.368 e. The Hall–Kier alpha value is -1.65. The van der Waals surface area contributed by atoms with Crippen molar-refractivity contribution in [1.82, 2.24) is 10.3 Å². The summed E-state index contributed by atoms with van der Waals surface area (Å²) in [7, 11) is 0. The van der Waals surface area contributed by atoms with Crippen LogP contribution in [-0.4, -0.2) is 24.0 Å². The topological polar surface area (TPSA) is 54.0 Å². The monoisotopic (exact) mass is 267 g/mol. The molecular formula is C14H22FN3O. The summed E-state index contributed by atoms with van der Waals surface area (Å²) in [5.74, 6) is -0.0559. The van der Waals surface area contributed by atoms with Crippen LogP contribution >= 0.6 is 0 Å². The van der Waals surface area contributed by atoms with E-state index in [0.717, 1.165) is 0 Å². The molecule has 0 aliphatic heterocycles. The highest BCUT2D eigenvalue weighted by Gasteiger charge is 2.16. The normalized spacial score (nSPS) is 12.3. The van der Waals surface area contributed by atoms with Crippen molar-refractivity contribution in [2.45, 2.75) is 27.7 Å². The van der Waals surface area contributed by atoms with Crippen LogP contribution in [0.15, 0.2) is 12.3 Å². The van der Waals surface area contributed by atoms with E-state index in [2.05, 4.69) is 36.4 Å². The van der Waals surface area contributed by atoms with E-state index < -0.39 is 11.7 Å². The van der Waals surface area contributed by atoms with Gasteiger partial charge in [0.25, 0.3) is 5.91 Å². The SMILES string of the molecule is CCNc1nccc(C(=O)NCC(C)C(C)C)c1F. The summed E-state index contributed by atoms with van der Waals surface area (Å²) in [6.45, 7) is 9.17. The Kier molecular flexibility index (Phi) is 5.73. The molecule has 1 heterocycles. The fraction of sp³-hybridized carbons (Fsp3) is 0.571. The Balaban J connectivity index is 2.74. The van der Waals surface area contributed by atoms with Gasteiger partial charge in [-0.2, -0.15) is 0 Å². The molecule has 1 rings (SSSR count). The number of carbonyl (C=O) groups is 1. The second-order valence-corrected chi connectivity index (χ2v) is 4.98. The number of hydrogen-bond acceptors (Lipinski definition) is 3. The Labute approximate surface area is 113 Å². The van der Waals surface area contributed by atoms with Crippen molar-refractivity contribution < 1.29 is 9.18 Å². The molecular weight excluding hydrogens is 245 g/mol. The highest BCUT2D eigenvalue weighted by Crippen LogP contribution is 2.15. The van der Waals surface area contributed by atoms with Gasteiger partial charge in [-0.1, -0.05) is 20.8 Å². The van der Waals surface area contributed by atoms with Crippen LogP contribution in [0.4, 0.5) is 10.2 Å². The molecule has 1 aromatic rings. The molecule has 0 bridgehead atoms. The maximum atomic E-state index is 14.0. The van der Waals surface area contributed by atoms with Gasteiger partial charge in [0.15, 0.2) is 11.6 Å². The molecule has 0 aliphatic carbocycles. The molecule has 0 aliphatic rings. The molecule has 1 amide bonds. The fourth-order valence-electron chi connectivity index (χ4n) is 1.49. The lowest BCUT2D eigenvalue weighted by atomic mass is 9.98. The molecule has 106 valence electrons. The molecule has 0 aromatic carbocycles. The maximum absolute atomic E-state index is 14.0. The van der Waals surface area contributed by atoms with Gasteiger partial charge in [0.05, 0.1) is 5.56 Å². The van der Waals surface area contributed by atoms with Gasteiger partial charge in [-0.15, -0.1) is 0 Å². The molecule has 2 N–H and O–H groups in total. The van der Waals surface area contributed by atoms with Crippen molar-refractivity contribution in [2.75, 3.05) is 18.4 Å². The average molecular weight is 267 g/mol. The van der Waals surface area contributed by atoms with E-state index in [0.29, 0.717) is 24.9 Å². The minimum atomic E-state index is -0.598. The highest BCUT2D eigenvalue weighted by molar-refractivity contribution is 5.95. The predicted octanol–water partition coefficient (Wildman–Crippen LogP) is 2.67. The van der Waals surface area contributed by atoms with Crippen molar-refractivity contribution >= 4 is 11.7 Å². The number of aromatic nitrogens is 1. The molecule has 1 unspecified atom stereocenters. The van der Waals surface area contributed by atoms with Crippen LogP contribution in [0, 0.1) is 17.7 Å². The van der Waals surface area contributed by atoms with Gasteiger partial charge < -0.3 is 10.6 Å². The zero-order valence-electron chi connectivity index (χ0n) is 12.0. The third kappa shape index (κ3) is 4.19. The summed E-state index contributed by atoms with van der Waals surface area (Å²) in [5.41, 5.74) is 0.0295. The number of nitrogens with one attached hydrogen (secondary N) is 2. The molecule has 19 heavy (non-hydrogen) atoms. The summed E-state index contributed by atoms with van der Waals surface area (Å²) >= 11 is 0. The number of nitrogens with zero attached hydrogens (tertiary/aromatic N) is 1. The van der Waals surface area contributed by atoms with Crippen LogP contribution in [0.3, 0.4) is 0 Å². The third-order valence-corrected chi connectivity index (χ3v) is 3.20. The van der Waals surface area contributed by atoms with E-state index in [1.54, 1.807) is 0 Å². The van der Waals surface area contributed by atoms with Crippen LogP contribution in [0.1, 0.15) is 38.1 Å². The molecule has 1 aromatic heterocycles. The maximum Gasteiger partial charge on any atom is 0.254 e. The first-order chi connectivity index (χ1) is 8.97. The molecule has 0 spiro atoms. The number of halogens is 1. The first kappa shape index (κ1) is 15.4. The Morgan fingerprint density at radius 2 is 2.11 bits per heavy atom. The quantitative estimate of drug-likeness (QED) is 0.833. The minimum absolute atomic E-state index is 0.0295. The van der Waals surface area contributed by atoms with Crippen molar-refractivity contribution in [3.05, 3.63) is 23.6 Å². The number of rotatable bonds is 6. The Morgan fingerprint density at radius 1 is 1.42 bits per heavy atom. The van der Waals surface area contributed by atoms with Crippen molar-refractivity contribution in [3.8, 4) is 0 Å². The van der Waals surface area contributed by atoms with Gasteiger partial charge in [-0.25, -0.2) is 9.37 Å². The molecule has 0 radical (unpaired) electrons. The van der Waals surface area contributed by atoms with Crippen LogP contribution in [-0.2, 0) is 0 Å². The zero-order valence-corrected chi connectivity index (χ0v) is 12.0. The predicted molar refractivity (Wildman–Crippen MR) is 74.7 cm³/mol. The summed E-state index contributed by atoms with van der Waals surface area (Å²) < 4.78 is 14.0. The summed E-state index contributed by atoms with van der Waals surface area (Å²) in [4.78, 5) is 15.8. The Morgan fingerprint density at radius 3 is 2.68 bits per heavy atom. The van der Waals surface area contributed by atoms with Crippen LogP contribution in [0.2, 0.25) is 0 Å². The minimum Gasteiger partial charge on any atom is -0.368 e. The van der Waals surface area contributed by atoms with Crippen molar-refractivity contribution in [2.24, 2.45) is 11.8 Å². The van der Waals surface area contributed by atoms with Crippen LogP contribution < -0.4 is 10.6 Å². The number of amides is 1. The number of carbonyl (C=O) groups excluding carboxylic acids is 1. The van der Waals surface area contributed by atoms with Gasteiger partial charge in [0, 0.05) is 19.3 Å². The van der Waals surface area contributed by atoms with Gasteiger partial charge in [0.2, 0.25) is 0 Å². The lowest BCUT2D eigenvalue weighted by molar-refractivity contribution is 0.0941. The van der Waals surface area contributed by atoms with Crippen molar-refractivity contribution in [3.63, 3.8) is 0 Å². The number of anilines is 1. The van der Waals surface area contributed by atoms with Crippen LogP contribution in [0.25, 0.3) is 0 Å². The molecule has 5 heteroatoms. The highest BCUT2D eigenvalue weighted by atomic mass is 19.1. The van der Waals surface area contributed by atoms with E-state index in [9.17, 15) is 9.18 Å². The molecule has 0 saturated heterocycles. The Bertz CT molecular complexity index is 435. The standard InChI is InChI=1S/C14H22FN3O/c1-5-16-13-12(15)11(6-7-17-13)14(19)18-8-10(4)9(2)3/h6-7,9-10H,5,8H2,1-4H3,(H,16,17)(H,18,19). The third-order valence-electron chi connectivity index (χ3n) is 3.20. The number of hydrogen-bond donors (Lipinski definition) is 2.